The maximum Gasteiger partial charge on any atom is 0.417 e. The Hall–Kier alpha value is -5.00. The van der Waals surface area contributed by atoms with Crippen LogP contribution in [0.15, 0.2) is 119 Å². The zero-order valence-electron chi connectivity index (χ0n) is 31.4. The van der Waals surface area contributed by atoms with E-state index in [1.165, 1.54) is 54.6 Å². The van der Waals surface area contributed by atoms with Gasteiger partial charge in [-0.2, -0.15) is 26.3 Å². The molecule has 2 aromatic rings. The van der Waals surface area contributed by atoms with Gasteiger partial charge in [0, 0.05) is 17.0 Å². The summed E-state index contributed by atoms with van der Waals surface area (Å²) >= 11 is 0. The average molecular weight is 801 g/mol. The number of ketones is 1. The number of rotatable bonds is 10. The quantitative estimate of drug-likeness (QED) is 0.148. The number of allylic oxidation sites excluding steroid dienone is 13. The fourth-order valence-electron chi connectivity index (χ4n) is 8.02. The summed E-state index contributed by atoms with van der Waals surface area (Å²) in [6.07, 6.45) is 2.74. The first-order valence-electron chi connectivity index (χ1n) is 18.5. The fraction of sp³-hybridized carbons (Fsp3) is 0.356. The van der Waals surface area contributed by atoms with E-state index in [-0.39, 0.29) is 71.6 Å². The van der Waals surface area contributed by atoms with Crippen LogP contribution in [0.25, 0.3) is 0 Å². The first kappa shape index (κ1) is 41.6. The Morgan fingerprint density at radius 2 is 1.60 bits per heavy atom. The molecule has 1 N–H and O–H groups in total. The normalized spacial score (nSPS) is 25.2. The third-order valence-electron chi connectivity index (χ3n) is 11.4. The molecular formula is C45H41F9O3. The Morgan fingerprint density at radius 1 is 0.947 bits per heavy atom. The van der Waals surface area contributed by atoms with Crippen molar-refractivity contribution in [1.29, 1.82) is 0 Å². The summed E-state index contributed by atoms with van der Waals surface area (Å²) in [5.41, 5.74) is -2.35. The lowest BCUT2D eigenvalue weighted by Gasteiger charge is -2.47. The summed E-state index contributed by atoms with van der Waals surface area (Å²) < 4.78 is 140. The molecule has 0 bridgehead atoms. The number of carbonyl (C=O) groups is 1. The van der Waals surface area contributed by atoms with Crippen molar-refractivity contribution >= 4 is 5.78 Å². The van der Waals surface area contributed by atoms with Crippen LogP contribution < -0.4 is 4.74 Å². The standard InChI is InChI=1S/C45H41F9O3/c1-24(2)5-15-34-39(46)40(47)36(30-22-31(23-30)43(4)19-17-28(18-20-43)37(44(49,50)51)26-6-11-32(55)12-7-26)41(48)42(34)57-35-16-10-29(21-25(35)3)38(45(52,53)54)27-8-13-33(56)14-9-27/h6-14,16-19,21,25,30-31,35,37,55H,1,5,15,20,22-23H2,2-4H3. The van der Waals surface area contributed by atoms with Crippen molar-refractivity contribution in [3.63, 3.8) is 0 Å². The van der Waals surface area contributed by atoms with Gasteiger partial charge < -0.3 is 9.84 Å². The predicted molar refractivity (Wildman–Crippen MR) is 199 cm³/mol. The number of benzene rings is 2. The number of hydrogen-bond donors (Lipinski definition) is 1. The van der Waals surface area contributed by atoms with Crippen molar-refractivity contribution < 1.29 is 54.2 Å². The van der Waals surface area contributed by atoms with Crippen LogP contribution in [0.5, 0.6) is 11.5 Å². The van der Waals surface area contributed by atoms with Gasteiger partial charge in [0.05, 0.1) is 5.57 Å². The lowest BCUT2D eigenvalue weighted by atomic mass is 9.57. The molecule has 4 aliphatic rings. The minimum absolute atomic E-state index is 0.0335. The van der Waals surface area contributed by atoms with Gasteiger partial charge in [0.25, 0.3) is 0 Å². The number of carbonyl (C=O) groups excluding carboxylic acids is 1. The van der Waals surface area contributed by atoms with Crippen molar-refractivity contribution in [1.82, 2.24) is 0 Å². The molecule has 3 nitrogen and oxygen atoms in total. The van der Waals surface area contributed by atoms with Crippen molar-refractivity contribution in [3.8, 4) is 11.5 Å². The smallest absolute Gasteiger partial charge is 0.417 e. The summed E-state index contributed by atoms with van der Waals surface area (Å²) in [4.78, 5) is 11.6. The molecule has 4 atom stereocenters. The van der Waals surface area contributed by atoms with Gasteiger partial charge in [-0.1, -0.05) is 74.1 Å². The van der Waals surface area contributed by atoms with Crippen LogP contribution in [-0.2, 0) is 11.2 Å². The van der Waals surface area contributed by atoms with E-state index in [1.807, 2.05) is 6.92 Å². The summed E-state index contributed by atoms with van der Waals surface area (Å²) in [6, 6.07) is 4.82. The topological polar surface area (TPSA) is 46.5 Å². The van der Waals surface area contributed by atoms with E-state index in [4.69, 9.17) is 4.74 Å². The summed E-state index contributed by atoms with van der Waals surface area (Å²) in [7, 11) is 0. The molecule has 2 aromatic carbocycles. The molecule has 4 unspecified atom stereocenters. The number of halogens is 9. The lowest BCUT2D eigenvalue weighted by molar-refractivity contribution is -0.141. The van der Waals surface area contributed by atoms with Gasteiger partial charge in [-0.3, -0.25) is 4.79 Å². The zero-order valence-corrected chi connectivity index (χ0v) is 31.4. The van der Waals surface area contributed by atoms with Gasteiger partial charge in [-0.05, 0) is 109 Å². The Labute approximate surface area is 325 Å². The van der Waals surface area contributed by atoms with E-state index >= 15 is 13.2 Å². The second-order valence-electron chi connectivity index (χ2n) is 15.6. The number of phenolic OH excluding ortho intramolecular Hbond substituents is 1. The molecule has 0 aliphatic heterocycles. The summed E-state index contributed by atoms with van der Waals surface area (Å²) in [5, 5.41) is 9.58. The molecule has 57 heavy (non-hydrogen) atoms. The Balaban J connectivity index is 1.24. The second-order valence-corrected chi connectivity index (χ2v) is 15.6. The van der Waals surface area contributed by atoms with Gasteiger partial charge in [0.2, 0.25) is 0 Å². The molecule has 0 amide bonds. The van der Waals surface area contributed by atoms with Gasteiger partial charge in [-0.25, -0.2) is 13.2 Å². The van der Waals surface area contributed by atoms with Crippen molar-refractivity contribution in [2.45, 2.75) is 83.2 Å². The van der Waals surface area contributed by atoms with E-state index in [0.29, 0.717) is 5.57 Å². The zero-order chi connectivity index (χ0) is 41.6. The number of aromatic hydroxyl groups is 1. The summed E-state index contributed by atoms with van der Waals surface area (Å²) in [5.74, 6) is -8.65. The SMILES string of the molecule is C=C(C)CCc1c(F)c(F)c(C2CC(C3(C)C=CC(C(c4ccc(O)cc4)C(F)(F)F)=CC3)C2)c(F)c1OC1C=CC(C(=C2C=CC(=O)C=C2)C(F)(F)F)=CC1C. The van der Waals surface area contributed by atoms with Crippen LogP contribution in [0.1, 0.15) is 75.0 Å². The molecule has 6 rings (SSSR count). The van der Waals surface area contributed by atoms with E-state index in [1.54, 1.807) is 19.9 Å². The molecule has 1 saturated carbocycles. The number of phenols is 1. The van der Waals surface area contributed by atoms with E-state index < -0.39 is 81.7 Å². The average Bonchev–Trinajstić information content (AvgIpc) is 3.10. The van der Waals surface area contributed by atoms with E-state index in [9.17, 15) is 36.2 Å². The molecular weight excluding hydrogens is 759 g/mol. The number of hydrogen-bond acceptors (Lipinski definition) is 3. The molecule has 1 fully saturated rings. The maximum atomic E-state index is 16.7. The highest BCUT2D eigenvalue weighted by Crippen LogP contribution is 2.56. The van der Waals surface area contributed by atoms with Crippen molar-refractivity contribution in [2.75, 3.05) is 0 Å². The molecule has 0 aromatic heterocycles. The third-order valence-corrected chi connectivity index (χ3v) is 11.4. The van der Waals surface area contributed by atoms with E-state index in [2.05, 4.69) is 6.58 Å². The molecule has 0 radical (unpaired) electrons. The highest BCUT2D eigenvalue weighted by atomic mass is 19.4. The van der Waals surface area contributed by atoms with Gasteiger partial charge in [-0.15, -0.1) is 6.58 Å². The van der Waals surface area contributed by atoms with Gasteiger partial charge >= 0.3 is 12.4 Å². The lowest BCUT2D eigenvalue weighted by Crippen LogP contribution is -2.37. The highest BCUT2D eigenvalue weighted by molar-refractivity contribution is 6.01. The summed E-state index contributed by atoms with van der Waals surface area (Å²) in [6.45, 7) is 8.86. The first-order chi connectivity index (χ1) is 26.7. The molecule has 0 spiro atoms. The monoisotopic (exact) mass is 800 g/mol. The number of alkyl halides is 6. The predicted octanol–water partition coefficient (Wildman–Crippen LogP) is 12.5. The fourth-order valence-corrected chi connectivity index (χ4v) is 8.02. The Kier molecular flexibility index (Phi) is 11.5. The van der Waals surface area contributed by atoms with Gasteiger partial charge in [0.1, 0.15) is 17.8 Å². The van der Waals surface area contributed by atoms with Crippen molar-refractivity contribution in [3.05, 3.63) is 154 Å². The molecule has 12 heteroatoms. The van der Waals surface area contributed by atoms with E-state index in [0.717, 1.165) is 24.3 Å². The minimum Gasteiger partial charge on any atom is -0.508 e. The highest BCUT2D eigenvalue weighted by Gasteiger charge is 2.48. The molecule has 0 saturated heterocycles. The molecule has 302 valence electrons. The first-order valence-corrected chi connectivity index (χ1v) is 18.5. The van der Waals surface area contributed by atoms with Crippen molar-refractivity contribution in [2.24, 2.45) is 17.3 Å². The van der Waals surface area contributed by atoms with Crippen LogP contribution in [0.4, 0.5) is 39.5 Å². The molecule has 0 heterocycles. The Morgan fingerprint density at radius 3 is 2.14 bits per heavy atom. The van der Waals surface area contributed by atoms with Crippen LogP contribution in [-0.4, -0.2) is 29.3 Å². The van der Waals surface area contributed by atoms with Gasteiger partial charge in [0.15, 0.2) is 29.0 Å². The van der Waals surface area contributed by atoms with Crippen LogP contribution >= 0.6 is 0 Å². The van der Waals surface area contributed by atoms with Crippen LogP contribution in [0.3, 0.4) is 0 Å². The molecule has 4 aliphatic carbocycles. The number of ether oxygens (including phenoxy) is 1. The van der Waals surface area contributed by atoms with Crippen LogP contribution in [0, 0.1) is 34.7 Å². The van der Waals surface area contributed by atoms with Crippen LogP contribution in [0.2, 0.25) is 0 Å². The Bertz CT molecular complexity index is 2140. The maximum absolute atomic E-state index is 16.7. The minimum atomic E-state index is -4.80. The third kappa shape index (κ3) is 8.65. The largest absolute Gasteiger partial charge is 0.508 e. The second kappa shape index (κ2) is 15.7.